The lowest BCUT2D eigenvalue weighted by Gasteiger charge is -2.17. The number of benzene rings is 2. The molecule has 0 bridgehead atoms. The SMILES string of the molecule is Cc1ccc(N2C(=O)/C(=C\c3ccc(-c4cc([N+](=O)[O-])ccc4Cl)o3)SC2=S)c(C)c1. The largest absolute Gasteiger partial charge is 0.457 e. The first-order chi connectivity index (χ1) is 14.7. The van der Waals surface area contributed by atoms with Gasteiger partial charge in [-0.25, -0.2) is 0 Å². The normalized spacial score (nSPS) is 15.2. The second-order valence-electron chi connectivity index (χ2n) is 6.93. The summed E-state index contributed by atoms with van der Waals surface area (Å²) in [5.74, 6) is 0.553. The molecule has 0 spiro atoms. The third-order valence-corrected chi connectivity index (χ3v) is 6.35. The third kappa shape index (κ3) is 4.14. The number of hydrogen-bond acceptors (Lipinski definition) is 6. The smallest absolute Gasteiger partial charge is 0.270 e. The monoisotopic (exact) mass is 470 g/mol. The Kier molecular flexibility index (Phi) is 5.70. The Hall–Kier alpha value is -2.94. The molecule has 1 aliphatic rings. The van der Waals surface area contributed by atoms with E-state index in [4.69, 9.17) is 28.2 Å². The summed E-state index contributed by atoms with van der Waals surface area (Å²) in [5.41, 5.74) is 3.12. The van der Waals surface area contributed by atoms with Gasteiger partial charge in [-0.15, -0.1) is 0 Å². The first-order valence-corrected chi connectivity index (χ1v) is 10.7. The van der Waals surface area contributed by atoms with Crippen LogP contribution in [0.2, 0.25) is 5.02 Å². The number of nitro benzene ring substituents is 1. The van der Waals surface area contributed by atoms with Crippen molar-refractivity contribution in [3.05, 3.63) is 85.5 Å². The summed E-state index contributed by atoms with van der Waals surface area (Å²) in [5, 5.41) is 11.4. The number of halogens is 1. The summed E-state index contributed by atoms with van der Waals surface area (Å²) in [6, 6.07) is 13.3. The molecule has 1 saturated heterocycles. The molecule has 156 valence electrons. The molecule has 1 amide bonds. The molecule has 0 atom stereocenters. The fourth-order valence-corrected chi connectivity index (χ4v) is 4.73. The molecule has 0 aliphatic carbocycles. The van der Waals surface area contributed by atoms with Crippen molar-refractivity contribution in [1.29, 1.82) is 0 Å². The zero-order chi connectivity index (χ0) is 22.3. The van der Waals surface area contributed by atoms with E-state index in [9.17, 15) is 14.9 Å². The summed E-state index contributed by atoms with van der Waals surface area (Å²) in [6.07, 6.45) is 1.61. The predicted molar refractivity (Wildman–Crippen MR) is 127 cm³/mol. The molecule has 1 aliphatic heterocycles. The Morgan fingerprint density at radius 3 is 2.65 bits per heavy atom. The summed E-state index contributed by atoms with van der Waals surface area (Å²) in [6.45, 7) is 3.93. The fraction of sp³-hybridized carbons (Fsp3) is 0.0909. The van der Waals surface area contributed by atoms with Crippen LogP contribution < -0.4 is 4.90 Å². The lowest BCUT2D eigenvalue weighted by molar-refractivity contribution is -0.384. The van der Waals surface area contributed by atoms with E-state index in [2.05, 4.69) is 0 Å². The highest BCUT2D eigenvalue weighted by Gasteiger charge is 2.34. The summed E-state index contributed by atoms with van der Waals surface area (Å²) >= 11 is 12.8. The maximum atomic E-state index is 13.0. The van der Waals surface area contributed by atoms with Gasteiger partial charge in [-0.1, -0.05) is 53.3 Å². The zero-order valence-electron chi connectivity index (χ0n) is 16.4. The molecule has 3 aromatic rings. The molecular weight excluding hydrogens is 456 g/mol. The van der Waals surface area contributed by atoms with Crippen LogP contribution in [0.1, 0.15) is 16.9 Å². The van der Waals surface area contributed by atoms with E-state index in [1.807, 2.05) is 32.0 Å². The first kappa shape index (κ1) is 21.3. The number of anilines is 1. The molecular formula is C22H15ClN2O4S2. The van der Waals surface area contributed by atoms with Gasteiger partial charge in [-0.2, -0.15) is 0 Å². The van der Waals surface area contributed by atoms with Gasteiger partial charge < -0.3 is 4.42 Å². The van der Waals surface area contributed by atoms with E-state index >= 15 is 0 Å². The van der Waals surface area contributed by atoms with Crippen molar-refractivity contribution < 1.29 is 14.1 Å². The van der Waals surface area contributed by atoms with Gasteiger partial charge in [-0.3, -0.25) is 19.8 Å². The Morgan fingerprint density at radius 1 is 1.16 bits per heavy atom. The lowest BCUT2D eigenvalue weighted by Crippen LogP contribution is -2.28. The number of nitro groups is 1. The van der Waals surface area contributed by atoms with Gasteiger partial charge in [0.15, 0.2) is 4.32 Å². The second-order valence-corrected chi connectivity index (χ2v) is 9.01. The topological polar surface area (TPSA) is 76.6 Å². The number of non-ortho nitro benzene ring substituents is 1. The van der Waals surface area contributed by atoms with Crippen LogP contribution >= 0.6 is 35.6 Å². The van der Waals surface area contributed by atoms with Crippen molar-refractivity contribution in [3.8, 4) is 11.3 Å². The molecule has 1 aromatic heterocycles. The Bertz CT molecular complexity index is 1280. The minimum atomic E-state index is -0.498. The number of nitrogens with zero attached hydrogens (tertiary/aromatic N) is 2. The molecule has 9 heteroatoms. The average Bonchev–Trinajstić information content (AvgIpc) is 3.27. The van der Waals surface area contributed by atoms with Gasteiger partial charge in [0.25, 0.3) is 11.6 Å². The van der Waals surface area contributed by atoms with Crippen molar-refractivity contribution >= 4 is 63.3 Å². The quantitative estimate of drug-likeness (QED) is 0.187. The summed E-state index contributed by atoms with van der Waals surface area (Å²) in [4.78, 5) is 25.5. The highest BCUT2D eigenvalue weighted by Crippen LogP contribution is 2.38. The Morgan fingerprint density at radius 2 is 1.94 bits per heavy atom. The van der Waals surface area contributed by atoms with E-state index in [0.29, 0.717) is 31.3 Å². The molecule has 2 heterocycles. The van der Waals surface area contributed by atoms with Crippen molar-refractivity contribution in [2.24, 2.45) is 0 Å². The van der Waals surface area contributed by atoms with E-state index in [1.165, 1.54) is 34.9 Å². The van der Waals surface area contributed by atoms with Crippen molar-refractivity contribution in [1.82, 2.24) is 0 Å². The summed E-state index contributed by atoms with van der Waals surface area (Å²) in [7, 11) is 0. The number of amides is 1. The van der Waals surface area contributed by atoms with E-state index in [0.717, 1.165) is 16.8 Å². The number of carbonyl (C=O) groups is 1. The maximum Gasteiger partial charge on any atom is 0.270 e. The maximum absolute atomic E-state index is 13.0. The fourth-order valence-electron chi connectivity index (χ4n) is 3.25. The van der Waals surface area contributed by atoms with Crippen molar-refractivity contribution in [3.63, 3.8) is 0 Å². The molecule has 0 unspecified atom stereocenters. The van der Waals surface area contributed by atoms with Crippen molar-refractivity contribution in [2.45, 2.75) is 13.8 Å². The standard InChI is InChI=1S/C22H15ClN2O4S2/c1-12-3-7-18(13(2)9-12)24-21(26)20(31-22(24)30)11-15-5-8-19(29-15)16-10-14(25(27)28)4-6-17(16)23/h3-11H,1-2H3/b20-11+. The number of thiocarbonyl (C=S) groups is 1. The predicted octanol–water partition coefficient (Wildman–Crippen LogP) is 6.53. The average molecular weight is 471 g/mol. The van der Waals surface area contributed by atoms with Gasteiger partial charge in [0, 0.05) is 23.8 Å². The third-order valence-electron chi connectivity index (χ3n) is 4.71. The highest BCUT2D eigenvalue weighted by molar-refractivity contribution is 8.27. The molecule has 0 N–H and O–H groups in total. The molecule has 1 fully saturated rings. The Balaban J connectivity index is 1.64. The minimum absolute atomic E-state index is 0.0910. The van der Waals surface area contributed by atoms with Crippen LogP contribution in [0.25, 0.3) is 17.4 Å². The van der Waals surface area contributed by atoms with Gasteiger partial charge in [-0.05, 0) is 43.7 Å². The first-order valence-electron chi connectivity index (χ1n) is 9.14. The highest BCUT2D eigenvalue weighted by atomic mass is 35.5. The van der Waals surface area contributed by atoms with E-state index in [1.54, 1.807) is 18.2 Å². The minimum Gasteiger partial charge on any atom is -0.457 e. The molecule has 0 saturated carbocycles. The Labute approximate surface area is 192 Å². The number of thioether (sulfide) groups is 1. The molecule has 0 radical (unpaired) electrons. The van der Waals surface area contributed by atoms with Crippen LogP contribution in [0.5, 0.6) is 0 Å². The molecule has 4 rings (SSSR count). The second kappa shape index (κ2) is 8.30. The van der Waals surface area contributed by atoms with Crippen LogP contribution in [0.15, 0.2) is 57.9 Å². The number of furan rings is 1. The molecule has 6 nitrogen and oxygen atoms in total. The van der Waals surface area contributed by atoms with Crippen LogP contribution in [-0.4, -0.2) is 15.2 Å². The number of rotatable bonds is 4. The van der Waals surface area contributed by atoms with E-state index < -0.39 is 4.92 Å². The molecule has 31 heavy (non-hydrogen) atoms. The number of carbonyl (C=O) groups excluding carboxylic acids is 1. The van der Waals surface area contributed by atoms with Crippen molar-refractivity contribution in [2.75, 3.05) is 4.90 Å². The molecule has 2 aromatic carbocycles. The zero-order valence-corrected chi connectivity index (χ0v) is 18.8. The van der Waals surface area contributed by atoms with Crippen LogP contribution in [0.3, 0.4) is 0 Å². The van der Waals surface area contributed by atoms with Crippen LogP contribution in [0.4, 0.5) is 11.4 Å². The van der Waals surface area contributed by atoms with Crippen LogP contribution in [0, 0.1) is 24.0 Å². The van der Waals surface area contributed by atoms with Gasteiger partial charge >= 0.3 is 0 Å². The summed E-state index contributed by atoms with van der Waals surface area (Å²) < 4.78 is 6.24. The van der Waals surface area contributed by atoms with Gasteiger partial charge in [0.1, 0.15) is 11.5 Å². The number of aryl methyl sites for hydroxylation is 2. The van der Waals surface area contributed by atoms with E-state index in [-0.39, 0.29) is 11.6 Å². The van der Waals surface area contributed by atoms with Crippen LogP contribution in [-0.2, 0) is 4.79 Å². The lowest BCUT2D eigenvalue weighted by atomic mass is 10.1. The number of hydrogen-bond donors (Lipinski definition) is 0. The van der Waals surface area contributed by atoms with Gasteiger partial charge in [0.2, 0.25) is 0 Å². The van der Waals surface area contributed by atoms with Gasteiger partial charge in [0.05, 0.1) is 20.5 Å².